The molecule has 0 atom stereocenters. The Morgan fingerprint density at radius 1 is 1.36 bits per heavy atom. The molecular formula is C11H8FNO. The minimum atomic E-state index is -0.319. The first-order valence-corrected chi connectivity index (χ1v) is 4.23. The Morgan fingerprint density at radius 3 is 2.86 bits per heavy atom. The third kappa shape index (κ3) is 1.48. The standard InChI is InChI=1S/C11H8FNO/c1-7(14)9-4-8-2-3-10(12)5-11(8)13-6-9/h2-6H,1H3. The van der Waals surface area contributed by atoms with Gasteiger partial charge in [0.05, 0.1) is 5.52 Å². The summed E-state index contributed by atoms with van der Waals surface area (Å²) in [6, 6.07) is 6.03. The zero-order chi connectivity index (χ0) is 10.1. The van der Waals surface area contributed by atoms with Crippen LogP contribution >= 0.6 is 0 Å². The van der Waals surface area contributed by atoms with Gasteiger partial charge in [-0.25, -0.2) is 4.39 Å². The Bertz CT molecular complexity index is 508. The third-order valence-corrected chi connectivity index (χ3v) is 2.05. The second-order valence-corrected chi connectivity index (χ2v) is 3.12. The SMILES string of the molecule is CC(=O)c1cnc2cc(F)ccc2c1. The maximum atomic E-state index is 12.8. The van der Waals surface area contributed by atoms with E-state index in [1.54, 1.807) is 12.1 Å². The predicted molar refractivity (Wildman–Crippen MR) is 51.7 cm³/mol. The minimum Gasteiger partial charge on any atom is -0.294 e. The van der Waals surface area contributed by atoms with Crippen molar-refractivity contribution in [3.05, 3.63) is 41.8 Å². The fraction of sp³-hybridized carbons (Fsp3) is 0.0909. The van der Waals surface area contributed by atoms with Crippen molar-refractivity contribution >= 4 is 16.7 Å². The number of halogens is 1. The molecule has 1 aromatic carbocycles. The van der Waals surface area contributed by atoms with E-state index in [0.29, 0.717) is 11.1 Å². The van der Waals surface area contributed by atoms with E-state index < -0.39 is 0 Å². The maximum absolute atomic E-state index is 12.8. The first-order chi connectivity index (χ1) is 6.66. The normalized spacial score (nSPS) is 10.4. The predicted octanol–water partition coefficient (Wildman–Crippen LogP) is 2.58. The fourth-order valence-corrected chi connectivity index (χ4v) is 1.29. The Balaban J connectivity index is 2.67. The highest BCUT2D eigenvalue weighted by atomic mass is 19.1. The second kappa shape index (κ2) is 3.18. The van der Waals surface area contributed by atoms with Gasteiger partial charge in [-0.2, -0.15) is 0 Å². The molecule has 0 saturated heterocycles. The van der Waals surface area contributed by atoms with Crippen LogP contribution in [0.2, 0.25) is 0 Å². The molecule has 0 aliphatic carbocycles. The molecule has 0 aliphatic rings. The molecule has 2 rings (SSSR count). The van der Waals surface area contributed by atoms with Crippen LogP contribution in [-0.4, -0.2) is 10.8 Å². The lowest BCUT2D eigenvalue weighted by atomic mass is 10.1. The van der Waals surface area contributed by atoms with Gasteiger partial charge in [0.1, 0.15) is 5.82 Å². The number of carbonyl (C=O) groups excluding carboxylic acids is 1. The van der Waals surface area contributed by atoms with Crippen LogP contribution in [0.1, 0.15) is 17.3 Å². The van der Waals surface area contributed by atoms with Crippen LogP contribution in [0.3, 0.4) is 0 Å². The number of hydrogen-bond acceptors (Lipinski definition) is 2. The summed E-state index contributed by atoms with van der Waals surface area (Å²) < 4.78 is 12.8. The van der Waals surface area contributed by atoms with Crippen molar-refractivity contribution < 1.29 is 9.18 Å². The number of ketones is 1. The summed E-state index contributed by atoms with van der Waals surface area (Å²) in [6.45, 7) is 1.48. The van der Waals surface area contributed by atoms with Crippen LogP contribution in [0.5, 0.6) is 0 Å². The molecule has 2 aromatic rings. The minimum absolute atomic E-state index is 0.0382. The highest BCUT2D eigenvalue weighted by molar-refractivity contribution is 5.97. The van der Waals surface area contributed by atoms with Gasteiger partial charge < -0.3 is 0 Å². The van der Waals surface area contributed by atoms with Gasteiger partial charge in [-0.15, -0.1) is 0 Å². The van der Waals surface area contributed by atoms with E-state index in [2.05, 4.69) is 4.98 Å². The lowest BCUT2D eigenvalue weighted by molar-refractivity contribution is 0.101. The van der Waals surface area contributed by atoms with Gasteiger partial charge in [0.15, 0.2) is 5.78 Å². The Labute approximate surface area is 80.4 Å². The topological polar surface area (TPSA) is 30.0 Å². The van der Waals surface area contributed by atoms with E-state index >= 15 is 0 Å². The molecule has 3 heteroatoms. The van der Waals surface area contributed by atoms with Gasteiger partial charge in [-0.1, -0.05) is 0 Å². The first kappa shape index (κ1) is 8.81. The van der Waals surface area contributed by atoms with Gasteiger partial charge >= 0.3 is 0 Å². The summed E-state index contributed by atoms with van der Waals surface area (Å²) in [6.07, 6.45) is 1.46. The van der Waals surface area contributed by atoms with Crippen LogP contribution in [0.4, 0.5) is 4.39 Å². The number of benzene rings is 1. The Hall–Kier alpha value is -1.77. The Kier molecular flexibility index (Phi) is 2.00. The van der Waals surface area contributed by atoms with Crippen LogP contribution in [0.15, 0.2) is 30.5 Å². The van der Waals surface area contributed by atoms with E-state index in [-0.39, 0.29) is 11.6 Å². The summed E-state index contributed by atoms with van der Waals surface area (Å²) in [7, 11) is 0. The molecule has 14 heavy (non-hydrogen) atoms. The molecule has 2 nitrogen and oxygen atoms in total. The van der Waals surface area contributed by atoms with E-state index in [9.17, 15) is 9.18 Å². The lowest BCUT2D eigenvalue weighted by Crippen LogP contribution is -1.93. The lowest BCUT2D eigenvalue weighted by Gasteiger charge is -1.99. The Morgan fingerprint density at radius 2 is 2.14 bits per heavy atom. The molecule has 0 saturated carbocycles. The van der Waals surface area contributed by atoms with Gasteiger partial charge in [-0.3, -0.25) is 9.78 Å². The van der Waals surface area contributed by atoms with Crippen LogP contribution in [-0.2, 0) is 0 Å². The average molecular weight is 189 g/mol. The van der Waals surface area contributed by atoms with Crippen molar-refractivity contribution in [2.75, 3.05) is 0 Å². The second-order valence-electron chi connectivity index (χ2n) is 3.12. The number of fused-ring (bicyclic) bond motifs is 1. The molecule has 70 valence electrons. The maximum Gasteiger partial charge on any atom is 0.161 e. The van der Waals surface area contributed by atoms with Crippen molar-refractivity contribution in [3.63, 3.8) is 0 Å². The number of pyridine rings is 1. The number of Topliss-reactive ketones (excluding diaryl/α,β-unsaturated/α-hetero) is 1. The zero-order valence-corrected chi connectivity index (χ0v) is 7.62. The van der Waals surface area contributed by atoms with Crippen LogP contribution < -0.4 is 0 Å². The van der Waals surface area contributed by atoms with Crippen molar-refractivity contribution in [1.29, 1.82) is 0 Å². The van der Waals surface area contributed by atoms with E-state index in [4.69, 9.17) is 0 Å². The number of carbonyl (C=O) groups is 1. The van der Waals surface area contributed by atoms with Gasteiger partial charge in [-0.05, 0) is 25.1 Å². The first-order valence-electron chi connectivity index (χ1n) is 4.23. The van der Waals surface area contributed by atoms with Crippen LogP contribution in [0.25, 0.3) is 10.9 Å². The van der Waals surface area contributed by atoms with Gasteiger partial charge in [0, 0.05) is 23.2 Å². The molecule has 0 aliphatic heterocycles. The summed E-state index contributed by atoms with van der Waals surface area (Å²) in [4.78, 5) is 15.0. The molecule has 0 N–H and O–H groups in total. The van der Waals surface area contributed by atoms with Crippen LogP contribution in [0, 0.1) is 5.82 Å². The highest BCUT2D eigenvalue weighted by Crippen LogP contribution is 2.14. The van der Waals surface area contributed by atoms with Gasteiger partial charge in [0.2, 0.25) is 0 Å². The summed E-state index contributed by atoms with van der Waals surface area (Å²) in [5, 5.41) is 0.777. The van der Waals surface area contributed by atoms with E-state index in [1.165, 1.54) is 25.3 Å². The molecule has 1 heterocycles. The van der Waals surface area contributed by atoms with Crippen molar-refractivity contribution in [2.24, 2.45) is 0 Å². The van der Waals surface area contributed by atoms with Gasteiger partial charge in [0.25, 0.3) is 0 Å². The average Bonchev–Trinajstić information content (AvgIpc) is 2.16. The number of rotatable bonds is 1. The molecule has 1 aromatic heterocycles. The smallest absolute Gasteiger partial charge is 0.161 e. The summed E-state index contributed by atoms with van der Waals surface area (Å²) in [5.74, 6) is -0.357. The summed E-state index contributed by atoms with van der Waals surface area (Å²) >= 11 is 0. The zero-order valence-electron chi connectivity index (χ0n) is 7.62. The molecule has 0 fully saturated rings. The van der Waals surface area contributed by atoms with Crippen molar-refractivity contribution in [1.82, 2.24) is 4.98 Å². The largest absolute Gasteiger partial charge is 0.294 e. The van der Waals surface area contributed by atoms with E-state index in [1.807, 2.05) is 0 Å². The molecular weight excluding hydrogens is 181 g/mol. The molecule has 0 radical (unpaired) electrons. The van der Waals surface area contributed by atoms with Crippen molar-refractivity contribution in [3.8, 4) is 0 Å². The van der Waals surface area contributed by atoms with E-state index in [0.717, 1.165) is 5.39 Å². The monoisotopic (exact) mass is 189 g/mol. The quantitative estimate of drug-likeness (QED) is 0.645. The molecule has 0 bridgehead atoms. The number of nitrogens with zero attached hydrogens (tertiary/aromatic N) is 1. The molecule has 0 unspecified atom stereocenters. The number of hydrogen-bond donors (Lipinski definition) is 0. The fourth-order valence-electron chi connectivity index (χ4n) is 1.29. The molecule has 0 amide bonds. The highest BCUT2D eigenvalue weighted by Gasteiger charge is 2.02. The third-order valence-electron chi connectivity index (χ3n) is 2.05. The van der Waals surface area contributed by atoms with Crippen molar-refractivity contribution in [2.45, 2.75) is 6.92 Å². The molecule has 0 spiro atoms. The summed E-state index contributed by atoms with van der Waals surface area (Å²) in [5.41, 5.74) is 1.11. The number of aromatic nitrogens is 1.